The minimum absolute atomic E-state index is 0.00851. The summed E-state index contributed by atoms with van der Waals surface area (Å²) >= 11 is 0. The molecule has 0 amide bonds. The van der Waals surface area contributed by atoms with E-state index in [-0.39, 0.29) is 12.1 Å². The number of aliphatic carboxylic acids is 1. The largest absolute Gasteiger partial charge is 0.490 e. The molecule has 1 N–H and O–H groups in total. The van der Waals surface area contributed by atoms with Gasteiger partial charge in [-0.05, 0) is 24.8 Å². The Morgan fingerprint density at radius 2 is 2.07 bits per heavy atom. The lowest BCUT2D eigenvalue weighted by Crippen LogP contribution is -2.50. The predicted octanol–water partition coefficient (Wildman–Crippen LogP) is 1.53. The van der Waals surface area contributed by atoms with Crippen molar-refractivity contribution in [2.75, 3.05) is 26.0 Å². The van der Waals surface area contributed by atoms with Crippen molar-refractivity contribution < 1.29 is 41.0 Å². The minimum Gasteiger partial charge on any atom is -0.477 e. The van der Waals surface area contributed by atoms with Gasteiger partial charge in [0.1, 0.15) is 0 Å². The molecule has 3 atom stereocenters. The van der Waals surface area contributed by atoms with Gasteiger partial charge in [-0.3, -0.25) is 0 Å². The summed E-state index contributed by atoms with van der Waals surface area (Å²) in [5, 5.41) is 7.12. The number of nitrogens with zero attached hydrogens (tertiary/aromatic N) is 2. The summed E-state index contributed by atoms with van der Waals surface area (Å²) < 4.78 is 68.4. The lowest BCUT2D eigenvalue weighted by Gasteiger charge is -2.35. The van der Waals surface area contributed by atoms with Crippen molar-refractivity contribution in [1.29, 1.82) is 0 Å². The van der Waals surface area contributed by atoms with Gasteiger partial charge in [0.15, 0.2) is 0 Å². The van der Waals surface area contributed by atoms with Gasteiger partial charge in [-0.15, -0.1) is 0 Å². The van der Waals surface area contributed by atoms with Crippen LogP contribution in [0.1, 0.15) is 12.8 Å². The van der Waals surface area contributed by atoms with Gasteiger partial charge < -0.3 is 14.6 Å². The number of carbonyl (C=O) groups is 1. The highest BCUT2D eigenvalue weighted by Gasteiger charge is 2.44. The Balaban J connectivity index is 0.000000345. The van der Waals surface area contributed by atoms with Crippen molar-refractivity contribution in [3.8, 4) is 5.88 Å². The number of carboxylic acid groups (broad SMARTS) is 1. The third-order valence-corrected chi connectivity index (χ3v) is 5.66. The fourth-order valence-electron chi connectivity index (χ4n) is 3.20. The molecule has 0 bridgehead atoms. The second-order valence-electron chi connectivity index (χ2n) is 6.47. The van der Waals surface area contributed by atoms with E-state index in [0.29, 0.717) is 31.6 Å². The Morgan fingerprint density at radius 1 is 1.39 bits per heavy atom. The number of pyridine rings is 1. The highest BCUT2D eigenvalue weighted by Crippen LogP contribution is 2.35. The maximum Gasteiger partial charge on any atom is 0.490 e. The number of aromatic nitrogens is 1. The summed E-state index contributed by atoms with van der Waals surface area (Å²) in [5.41, 5.74) is 0. The lowest BCUT2D eigenvalue weighted by atomic mass is 10.1. The molecule has 1 aliphatic heterocycles. The zero-order valence-electron chi connectivity index (χ0n) is 15.0. The Bertz CT molecular complexity index is 759. The highest BCUT2D eigenvalue weighted by atomic mass is 32.2. The SMILES string of the molecule is CS(=O)(=O)N1CCOC2CC(COc3ccccn3)CC21.O=C(O)C(F)(F)F. The van der Waals surface area contributed by atoms with E-state index >= 15 is 0 Å². The van der Waals surface area contributed by atoms with Crippen molar-refractivity contribution in [2.24, 2.45) is 5.92 Å². The van der Waals surface area contributed by atoms with E-state index in [9.17, 15) is 21.6 Å². The molecule has 0 spiro atoms. The van der Waals surface area contributed by atoms with Crippen LogP contribution in [0, 0.1) is 5.92 Å². The van der Waals surface area contributed by atoms with Crippen LogP contribution in [0.2, 0.25) is 0 Å². The highest BCUT2D eigenvalue weighted by molar-refractivity contribution is 7.88. The molecule has 12 heteroatoms. The zero-order valence-corrected chi connectivity index (χ0v) is 15.8. The fourth-order valence-corrected chi connectivity index (χ4v) is 4.32. The number of hydrogen-bond acceptors (Lipinski definition) is 6. The Kier molecular flexibility index (Phi) is 7.23. The number of ether oxygens (including phenoxy) is 2. The molecule has 2 aliphatic rings. The molecule has 2 heterocycles. The van der Waals surface area contributed by atoms with E-state index in [0.717, 1.165) is 12.8 Å². The first kappa shape index (κ1) is 22.4. The third-order valence-electron chi connectivity index (χ3n) is 4.36. The van der Waals surface area contributed by atoms with Crippen molar-refractivity contribution in [2.45, 2.75) is 31.2 Å². The van der Waals surface area contributed by atoms with Crippen LogP contribution in [0.4, 0.5) is 13.2 Å². The van der Waals surface area contributed by atoms with Gasteiger partial charge in [-0.2, -0.15) is 17.5 Å². The van der Waals surface area contributed by atoms with Crippen LogP contribution in [-0.2, 0) is 19.6 Å². The Morgan fingerprint density at radius 3 is 2.61 bits per heavy atom. The first-order valence-electron chi connectivity index (χ1n) is 8.41. The number of fused-ring (bicyclic) bond motifs is 1. The predicted molar refractivity (Wildman–Crippen MR) is 91.2 cm³/mol. The van der Waals surface area contributed by atoms with Crippen molar-refractivity contribution in [3.63, 3.8) is 0 Å². The molecular weight excluding hydrogens is 405 g/mol. The van der Waals surface area contributed by atoms with Crippen LogP contribution < -0.4 is 4.74 Å². The standard InChI is InChI=1S/C14H20N2O4S.C2HF3O2/c1-21(17,18)16-6-7-19-13-9-11(8-12(13)16)10-20-14-4-2-3-5-15-14;3-2(4,5)1(6)7/h2-5,11-13H,6-10H2,1H3;(H,6,7). The summed E-state index contributed by atoms with van der Waals surface area (Å²) in [7, 11) is -3.17. The molecule has 0 aromatic carbocycles. The van der Waals surface area contributed by atoms with Crippen LogP contribution in [0.15, 0.2) is 24.4 Å². The maximum absolute atomic E-state index is 11.8. The summed E-state index contributed by atoms with van der Waals surface area (Å²) in [6, 6.07) is 5.49. The lowest BCUT2D eigenvalue weighted by molar-refractivity contribution is -0.192. The van der Waals surface area contributed by atoms with Crippen LogP contribution in [0.25, 0.3) is 0 Å². The molecule has 1 saturated heterocycles. The Hall–Kier alpha value is -1.92. The second-order valence-corrected chi connectivity index (χ2v) is 8.40. The van der Waals surface area contributed by atoms with Crippen LogP contribution >= 0.6 is 0 Å². The number of halogens is 3. The number of rotatable bonds is 4. The molecule has 28 heavy (non-hydrogen) atoms. The van der Waals surface area contributed by atoms with E-state index in [4.69, 9.17) is 19.4 Å². The summed E-state index contributed by atoms with van der Waals surface area (Å²) in [4.78, 5) is 13.0. The van der Waals surface area contributed by atoms with E-state index in [1.807, 2.05) is 18.2 Å². The smallest absolute Gasteiger partial charge is 0.477 e. The number of morpholine rings is 1. The van der Waals surface area contributed by atoms with Crippen LogP contribution in [0.5, 0.6) is 5.88 Å². The van der Waals surface area contributed by atoms with E-state index in [1.165, 1.54) is 6.26 Å². The van der Waals surface area contributed by atoms with E-state index in [1.54, 1.807) is 10.5 Å². The topological polar surface area (TPSA) is 106 Å². The third kappa shape index (κ3) is 6.31. The monoisotopic (exact) mass is 426 g/mol. The summed E-state index contributed by atoms with van der Waals surface area (Å²) in [6.07, 6.45) is -0.509. The van der Waals surface area contributed by atoms with Gasteiger partial charge in [-0.1, -0.05) is 6.07 Å². The van der Waals surface area contributed by atoms with Gasteiger partial charge in [0.2, 0.25) is 15.9 Å². The first-order chi connectivity index (χ1) is 13.0. The van der Waals surface area contributed by atoms with Gasteiger partial charge in [0, 0.05) is 18.8 Å². The van der Waals surface area contributed by atoms with Gasteiger partial charge >= 0.3 is 12.1 Å². The average molecular weight is 426 g/mol. The minimum atomic E-state index is -5.08. The number of hydrogen-bond donors (Lipinski definition) is 1. The maximum atomic E-state index is 11.8. The quantitative estimate of drug-likeness (QED) is 0.778. The normalized spacial score (nSPS) is 25.4. The summed E-state index contributed by atoms with van der Waals surface area (Å²) in [5.74, 6) is -1.86. The van der Waals surface area contributed by atoms with E-state index < -0.39 is 22.2 Å². The van der Waals surface area contributed by atoms with Gasteiger partial charge in [0.25, 0.3) is 0 Å². The molecule has 1 aromatic rings. The molecule has 1 aliphatic carbocycles. The molecule has 0 radical (unpaired) electrons. The molecule has 2 fully saturated rings. The van der Waals surface area contributed by atoms with Crippen LogP contribution in [-0.4, -0.2) is 73.1 Å². The molecule has 3 unspecified atom stereocenters. The van der Waals surface area contributed by atoms with Crippen molar-refractivity contribution >= 4 is 16.0 Å². The molecule has 158 valence electrons. The summed E-state index contributed by atoms with van der Waals surface area (Å²) in [6.45, 7) is 1.47. The second kappa shape index (κ2) is 9.05. The molecule has 1 aromatic heterocycles. The number of sulfonamides is 1. The van der Waals surface area contributed by atoms with E-state index in [2.05, 4.69) is 4.98 Å². The molecule has 3 rings (SSSR count). The van der Waals surface area contributed by atoms with Gasteiger partial charge in [0.05, 0.1) is 31.6 Å². The number of carboxylic acids is 1. The number of alkyl halides is 3. The van der Waals surface area contributed by atoms with Crippen molar-refractivity contribution in [1.82, 2.24) is 9.29 Å². The first-order valence-corrected chi connectivity index (χ1v) is 10.3. The average Bonchev–Trinajstić information content (AvgIpc) is 3.02. The molecule has 8 nitrogen and oxygen atoms in total. The Labute approximate surface area is 160 Å². The van der Waals surface area contributed by atoms with Crippen LogP contribution in [0.3, 0.4) is 0 Å². The van der Waals surface area contributed by atoms with Crippen molar-refractivity contribution in [3.05, 3.63) is 24.4 Å². The van der Waals surface area contributed by atoms with Gasteiger partial charge in [-0.25, -0.2) is 18.2 Å². The molecule has 1 saturated carbocycles. The molecular formula is C16H21F3N2O6S. The fraction of sp³-hybridized carbons (Fsp3) is 0.625. The zero-order chi connectivity index (χ0) is 20.9.